The molecule has 0 aliphatic rings. The van der Waals surface area contributed by atoms with E-state index in [2.05, 4.69) is 59.7 Å². The van der Waals surface area contributed by atoms with Crippen molar-refractivity contribution in [1.29, 1.82) is 0 Å². The molecule has 15 heavy (non-hydrogen) atoms. The molecule has 0 heteroatoms. The van der Waals surface area contributed by atoms with Gasteiger partial charge in [-0.15, -0.1) is 0 Å². The first-order valence-corrected chi connectivity index (χ1v) is 5.99. The molecular formula is C15H23. The Balaban J connectivity index is 3.35. The summed E-state index contributed by atoms with van der Waals surface area (Å²) in [5.41, 5.74) is 4.41. The van der Waals surface area contributed by atoms with Crippen molar-refractivity contribution in [3.8, 4) is 0 Å². The van der Waals surface area contributed by atoms with Crippen LogP contribution in [0.4, 0.5) is 0 Å². The average molecular weight is 203 g/mol. The maximum absolute atomic E-state index is 3.41. The van der Waals surface area contributed by atoms with Crippen molar-refractivity contribution in [3.05, 3.63) is 34.9 Å². The van der Waals surface area contributed by atoms with Gasteiger partial charge >= 0.3 is 0 Å². The van der Waals surface area contributed by atoms with Crippen molar-refractivity contribution in [2.45, 2.75) is 59.3 Å². The summed E-state index contributed by atoms with van der Waals surface area (Å²) in [7, 11) is 0. The Labute approximate surface area is 94.7 Å². The maximum Gasteiger partial charge on any atom is -0.0143 e. The minimum atomic E-state index is 0.570. The van der Waals surface area contributed by atoms with Gasteiger partial charge in [-0.05, 0) is 40.5 Å². The first-order valence-electron chi connectivity index (χ1n) is 5.99. The van der Waals surface area contributed by atoms with E-state index >= 15 is 0 Å². The van der Waals surface area contributed by atoms with Crippen molar-refractivity contribution in [1.82, 2.24) is 0 Å². The number of rotatable bonds is 3. The molecule has 1 aromatic rings. The number of hydrogen-bond acceptors (Lipinski definition) is 0. The molecule has 0 atom stereocenters. The van der Waals surface area contributed by atoms with E-state index in [-0.39, 0.29) is 0 Å². The molecule has 0 unspecified atom stereocenters. The molecule has 0 aromatic heterocycles. The second-order valence-electron chi connectivity index (χ2n) is 5.22. The third kappa shape index (κ3) is 2.62. The van der Waals surface area contributed by atoms with Gasteiger partial charge in [0.25, 0.3) is 0 Å². The van der Waals surface area contributed by atoms with Crippen LogP contribution in [0.5, 0.6) is 0 Å². The zero-order valence-corrected chi connectivity index (χ0v) is 10.9. The third-order valence-corrected chi connectivity index (χ3v) is 2.88. The van der Waals surface area contributed by atoms with Crippen molar-refractivity contribution in [3.63, 3.8) is 0 Å². The van der Waals surface area contributed by atoms with Gasteiger partial charge in [-0.2, -0.15) is 0 Å². The van der Waals surface area contributed by atoms with Gasteiger partial charge in [-0.25, -0.2) is 0 Å². The molecule has 0 amide bonds. The van der Waals surface area contributed by atoms with Crippen LogP contribution >= 0.6 is 0 Å². The van der Waals surface area contributed by atoms with E-state index in [0.29, 0.717) is 17.8 Å². The quantitative estimate of drug-likeness (QED) is 0.658. The molecule has 1 radical (unpaired) electrons. The lowest BCUT2D eigenvalue weighted by molar-refractivity contribution is 0.747. The minimum Gasteiger partial charge on any atom is -0.0587 e. The van der Waals surface area contributed by atoms with Crippen LogP contribution in [0.2, 0.25) is 0 Å². The summed E-state index contributed by atoms with van der Waals surface area (Å²) < 4.78 is 0. The molecule has 0 saturated carbocycles. The Morgan fingerprint density at radius 3 is 1.87 bits per heavy atom. The van der Waals surface area contributed by atoms with Crippen LogP contribution in [-0.4, -0.2) is 0 Å². The zero-order chi connectivity index (χ0) is 11.6. The van der Waals surface area contributed by atoms with Crippen molar-refractivity contribution >= 4 is 0 Å². The fourth-order valence-corrected chi connectivity index (χ4v) is 2.17. The van der Waals surface area contributed by atoms with Crippen LogP contribution in [0.3, 0.4) is 0 Å². The van der Waals surface area contributed by atoms with Crippen molar-refractivity contribution in [2.24, 2.45) is 0 Å². The van der Waals surface area contributed by atoms with Gasteiger partial charge in [0, 0.05) is 0 Å². The van der Waals surface area contributed by atoms with Gasteiger partial charge in [-0.1, -0.05) is 53.7 Å². The van der Waals surface area contributed by atoms with Crippen LogP contribution in [0.1, 0.15) is 76.0 Å². The highest BCUT2D eigenvalue weighted by molar-refractivity contribution is 5.40. The molecule has 0 saturated heterocycles. The first-order chi connectivity index (χ1) is 6.95. The fraction of sp³-hybridized carbons (Fsp3) is 0.600. The smallest absolute Gasteiger partial charge is 0.0143 e. The lowest BCUT2D eigenvalue weighted by Gasteiger charge is -2.21. The Morgan fingerprint density at radius 1 is 0.867 bits per heavy atom. The van der Waals surface area contributed by atoms with Crippen LogP contribution in [0.25, 0.3) is 0 Å². The van der Waals surface area contributed by atoms with Gasteiger partial charge in [-0.3, -0.25) is 0 Å². The summed E-state index contributed by atoms with van der Waals surface area (Å²) in [5, 5.41) is 0. The van der Waals surface area contributed by atoms with E-state index in [0.717, 1.165) is 0 Å². The fourth-order valence-electron chi connectivity index (χ4n) is 2.17. The predicted molar refractivity (Wildman–Crippen MR) is 67.5 cm³/mol. The largest absolute Gasteiger partial charge is 0.0587 e. The Morgan fingerprint density at radius 2 is 1.47 bits per heavy atom. The molecule has 1 rings (SSSR count). The summed E-state index contributed by atoms with van der Waals surface area (Å²) in [6, 6.07) is 7.72. The zero-order valence-electron chi connectivity index (χ0n) is 10.9. The molecule has 1 aromatic carbocycles. The summed E-state index contributed by atoms with van der Waals surface area (Å²) in [4.78, 5) is 0. The lowest BCUT2D eigenvalue weighted by atomic mass is 9.83. The average Bonchev–Trinajstić information content (AvgIpc) is 2.16. The molecule has 0 aliphatic heterocycles. The third-order valence-electron chi connectivity index (χ3n) is 2.88. The minimum absolute atomic E-state index is 0.570. The molecule has 0 N–H and O–H groups in total. The van der Waals surface area contributed by atoms with Crippen LogP contribution < -0.4 is 0 Å². The van der Waals surface area contributed by atoms with Gasteiger partial charge < -0.3 is 0 Å². The van der Waals surface area contributed by atoms with E-state index in [1.165, 1.54) is 16.7 Å². The monoisotopic (exact) mass is 203 g/mol. The van der Waals surface area contributed by atoms with Gasteiger partial charge in [0.2, 0.25) is 0 Å². The lowest BCUT2D eigenvalue weighted by Crippen LogP contribution is -2.05. The highest BCUT2D eigenvalue weighted by atomic mass is 14.2. The summed E-state index contributed by atoms with van der Waals surface area (Å²) in [6.45, 7) is 13.6. The number of benzene rings is 1. The highest BCUT2D eigenvalue weighted by Gasteiger charge is 2.15. The molecule has 83 valence electrons. The predicted octanol–water partition coefficient (Wildman–Crippen LogP) is 4.86. The molecule has 0 nitrogen and oxygen atoms in total. The SMILES string of the molecule is CC(C)c1[c]ccc(C(C)C)c1C(C)C. The van der Waals surface area contributed by atoms with E-state index in [1.54, 1.807) is 0 Å². The summed E-state index contributed by atoms with van der Waals surface area (Å²) in [5.74, 6) is 1.77. The van der Waals surface area contributed by atoms with Crippen LogP contribution in [0.15, 0.2) is 12.1 Å². The van der Waals surface area contributed by atoms with E-state index in [1.807, 2.05) is 0 Å². The second kappa shape index (κ2) is 4.83. The Hall–Kier alpha value is -0.780. The van der Waals surface area contributed by atoms with Gasteiger partial charge in [0.1, 0.15) is 0 Å². The van der Waals surface area contributed by atoms with Gasteiger partial charge in [0.15, 0.2) is 0 Å². The van der Waals surface area contributed by atoms with Gasteiger partial charge in [0.05, 0.1) is 0 Å². The molecular weight excluding hydrogens is 180 g/mol. The molecule has 0 fully saturated rings. The maximum atomic E-state index is 3.41. The van der Waals surface area contributed by atoms with Crippen molar-refractivity contribution < 1.29 is 0 Å². The first kappa shape index (κ1) is 12.3. The molecule has 0 spiro atoms. The Bertz CT molecular complexity index is 293. The van der Waals surface area contributed by atoms with E-state index in [4.69, 9.17) is 0 Å². The highest BCUT2D eigenvalue weighted by Crippen LogP contribution is 2.32. The number of hydrogen-bond donors (Lipinski definition) is 0. The van der Waals surface area contributed by atoms with Crippen LogP contribution in [-0.2, 0) is 0 Å². The van der Waals surface area contributed by atoms with Crippen molar-refractivity contribution in [2.75, 3.05) is 0 Å². The van der Waals surface area contributed by atoms with E-state index < -0.39 is 0 Å². The van der Waals surface area contributed by atoms with E-state index in [9.17, 15) is 0 Å². The summed E-state index contributed by atoms with van der Waals surface area (Å²) in [6.07, 6.45) is 0. The molecule has 0 heterocycles. The normalized spacial score (nSPS) is 11.8. The van der Waals surface area contributed by atoms with Crippen LogP contribution in [0, 0.1) is 6.07 Å². The second-order valence-corrected chi connectivity index (χ2v) is 5.22. The Kier molecular flexibility index (Phi) is 3.96. The summed E-state index contributed by atoms with van der Waals surface area (Å²) >= 11 is 0. The molecule has 0 aliphatic carbocycles. The standard InChI is InChI=1S/C15H23/c1-10(2)13-8-7-9-14(11(3)4)15(13)12(5)6/h7-8,10-12H,1-6H3. The molecule has 0 bridgehead atoms. The topological polar surface area (TPSA) is 0 Å².